The van der Waals surface area contributed by atoms with E-state index in [1.807, 2.05) is 0 Å². The van der Waals surface area contributed by atoms with E-state index >= 15 is 0 Å². The molecule has 0 aromatic rings. The second-order valence-electron chi connectivity index (χ2n) is 8.11. The topological polar surface area (TPSA) is 0 Å². The van der Waals surface area contributed by atoms with Crippen LogP contribution < -0.4 is 0 Å². The minimum Gasteiger partial charge on any atom is -0.0651 e. The highest BCUT2D eigenvalue weighted by Gasteiger charge is 2.38. The van der Waals surface area contributed by atoms with Gasteiger partial charge in [0.1, 0.15) is 0 Å². The highest BCUT2D eigenvalue weighted by atomic mass is 14.4. The zero-order valence-corrected chi connectivity index (χ0v) is 12.6. The van der Waals surface area contributed by atoms with Crippen LogP contribution in [0.5, 0.6) is 0 Å². The van der Waals surface area contributed by atoms with Crippen molar-refractivity contribution in [2.24, 2.45) is 28.6 Å². The van der Waals surface area contributed by atoms with Gasteiger partial charge in [-0.15, -0.1) is 0 Å². The van der Waals surface area contributed by atoms with Gasteiger partial charge in [0.15, 0.2) is 0 Å². The van der Waals surface area contributed by atoms with Gasteiger partial charge in [0.05, 0.1) is 0 Å². The molecular weight excluding hydrogens is 192 g/mol. The first kappa shape index (κ1) is 14.1. The minimum atomic E-state index is 0.497. The van der Waals surface area contributed by atoms with Gasteiger partial charge in [0.25, 0.3) is 0 Å². The molecule has 0 heterocycles. The molecule has 0 aromatic heterocycles. The molecule has 0 amide bonds. The summed E-state index contributed by atoms with van der Waals surface area (Å²) < 4.78 is 0. The molecule has 0 N–H and O–H groups in total. The van der Waals surface area contributed by atoms with Crippen molar-refractivity contribution in [1.29, 1.82) is 0 Å². The molecule has 1 rings (SSSR count). The first-order valence-corrected chi connectivity index (χ1v) is 7.14. The van der Waals surface area contributed by atoms with Crippen LogP contribution in [-0.2, 0) is 0 Å². The lowest BCUT2D eigenvalue weighted by Gasteiger charge is -2.45. The summed E-state index contributed by atoms with van der Waals surface area (Å²) in [6, 6.07) is 0. The fourth-order valence-corrected chi connectivity index (χ4v) is 3.18. The van der Waals surface area contributed by atoms with E-state index in [1.165, 1.54) is 25.7 Å². The molecule has 0 saturated heterocycles. The Morgan fingerprint density at radius 3 is 1.38 bits per heavy atom. The van der Waals surface area contributed by atoms with Gasteiger partial charge in [-0.1, -0.05) is 54.9 Å². The van der Waals surface area contributed by atoms with Gasteiger partial charge in [0.2, 0.25) is 0 Å². The molecule has 0 radical (unpaired) electrons. The molecule has 1 aliphatic rings. The van der Waals surface area contributed by atoms with Crippen molar-refractivity contribution in [1.82, 2.24) is 0 Å². The molecule has 0 nitrogen and oxygen atoms in total. The average molecular weight is 224 g/mol. The van der Waals surface area contributed by atoms with Crippen molar-refractivity contribution < 1.29 is 0 Å². The van der Waals surface area contributed by atoms with E-state index in [4.69, 9.17) is 0 Å². The van der Waals surface area contributed by atoms with E-state index in [-0.39, 0.29) is 0 Å². The molecule has 0 spiro atoms. The molecule has 2 unspecified atom stereocenters. The van der Waals surface area contributed by atoms with Crippen LogP contribution in [0.2, 0.25) is 0 Å². The van der Waals surface area contributed by atoms with E-state index in [0.717, 1.165) is 17.8 Å². The van der Waals surface area contributed by atoms with Gasteiger partial charge in [-0.3, -0.25) is 0 Å². The summed E-state index contributed by atoms with van der Waals surface area (Å²) in [4.78, 5) is 0. The van der Waals surface area contributed by atoms with Crippen LogP contribution in [0.4, 0.5) is 0 Å². The predicted molar refractivity (Wildman–Crippen MR) is 73.5 cm³/mol. The lowest BCUT2D eigenvalue weighted by atomic mass is 9.60. The normalized spacial score (nSPS) is 32.8. The van der Waals surface area contributed by atoms with E-state index in [1.54, 1.807) is 0 Å². The second kappa shape index (κ2) is 4.70. The third-order valence-electron chi connectivity index (χ3n) is 4.83. The summed E-state index contributed by atoms with van der Waals surface area (Å²) in [5, 5.41) is 0. The Hall–Kier alpha value is 0. The van der Waals surface area contributed by atoms with E-state index in [9.17, 15) is 0 Å². The second-order valence-corrected chi connectivity index (χ2v) is 8.11. The van der Waals surface area contributed by atoms with E-state index in [2.05, 4.69) is 48.5 Å². The van der Waals surface area contributed by atoms with Crippen LogP contribution in [0.3, 0.4) is 0 Å². The smallest absolute Gasteiger partial charge is 0.0354 e. The molecule has 16 heavy (non-hydrogen) atoms. The zero-order valence-electron chi connectivity index (χ0n) is 12.6. The predicted octanol–water partition coefficient (Wildman–Crippen LogP) is 5.52. The maximum atomic E-state index is 2.43. The highest BCUT2D eigenvalue weighted by molar-refractivity contribution is 4.88. The van der Waals surface area contributed by atoms with Crippen molar-refractivity contribution in [3.8, 4) is 0 Å². The minimum absolute atomic E-state index is 0.497. The van der Waals surface area contributed by atoms with Crippen LogP contribution >= 0.6 is 0 Å². The van der Waals surface area contributed by atoms with Crippen molar-refractivity contribution in [3.05, 3.63) is 0 Å². The Kier molecular flexibility index (Phi) is 4.13. The summed E-state index contributed by atoms with van der Waals surface area (Å²) in [5.41, 5.74) is 0.995. The molecule has 0 aromatic carbocycles. The summed E-state index contributed by atoms with van der Waals surface area (Å²) in [6.07, 6.45) is 5.75. The standard InChI is InChI=1S/C16H32/c1-8-12-9-13(15(2,3)4)11-14(10-12)16(5,6)7/h12-14H,8-11H2,1-7H3. The molecule has 2 atom stereocenters. The van der Waals surface area contributed by atoms with Gasteiger partial charge in [-0.25, -0.2) is 0 Å². The van der Waals surface area contributed by atoms with Crippen LogP contribution in [0.25, 0.3) is 0 Å². The highest BCUT2D eigenvalue weighted by Crippen LogP contribution is 2.48. The fourth-order valence-electron chi connectivity index (χ4n) is 3.18. The quantitative estimate of drug-likeness (QED) is 0.550. The Balaban J connectivity index is 2.77. The first-order valence-electron chi connectivity index (χ1n) is 7.14. The zero-order chi connectivity index (χ0) is 12.6. The Labute approximate surface area is 103 Å². The van der Waals surface area contributed by atoms with Gasteiger partial charge in [0, 0.05) is 0 Å². The third kappa shape index (κ3) is 3.50. The molecule has 0 aliphatic heterocycles. The average Bonchev–Trinajstić information content (AvgIpc) is 2.14. The van der Waals surface area contributed by atoms with Crippen LogP contribution in [0.1, 0.15) is 74.1 Å². The lowest BCUT2D eigenvalue weighted by molar-refractivity contribution is 0.0484. The maximum Gasteiger partial charge on any atom is -0.0354 e. The van der Waals surface area contributed by atoms with Crippen molar-refractivity contribution >= 4 is 0 Å². The van der Waals surface area contributed by atoms with Crippen molar-refractivity contribution in [2.75, 3.05) is 0 Å². The largest absolute Gasteiger partial charge is 0.0651 e. The van der Waals surface area contributed by atoms with Gasteiger partial charge >= 0.3 is 0 Å². The first-order chi connectivity index (χ1) is 7.14. The Bertz CT molecular complexity index is 191. The monoisotopic (exact) mass is 224 g/mol. The fraction of sp³-hybridized carbons (Fsp3) is 1.00. The summed E-state index contributed by atoms with van der Waals surface area (Å²) in [6.45, 7) is 16.9. The van der Waals surface area contributed by atoms with Crippen LogP contribution in [0, 0.1) is 28.6 Å². The third-order valence-corrected chi connectivity index (χ3v) is 4.83. The molecule has 1 aliphatic carbocycles. The summed E-state index contributed by atoms with van der Waals surface area (Å²) in [7, 11) is 0. The van der Waals surface area contributed by atoms with Crippen LogP contribution in [0.15, 0.2) is 0 Å². The van der Waals surface area contributed by atoms with Gasteiger partial charge in [-0.2, -0.15) is 0 Å². The van der Waals surface area contributed by atoms with E-state index < -0.39 is 0 Å². The molecule has 96 valence electrons. The molecule has 1 fully saturated rings. The van der Waals surface area contributed by atoms with Crippen LogP contribution in [-0.4, -0.2) is 0 Å². The van der Waals surface area contributed by atoms with Gasteiger partial charge < -0.3 is 0 Å². The summed E-state index contributed by atoms with van der Waals surface area (Å²) >= 11 is 0. The van der Waals surface area contributed by atoms with Crippen molar-refractivity contribution in [2.45, 2.75) is 74.1 Å². The number of hydrogen-bond donors (Lipinski definition) is 0. The maximum absolute atomic E-state index is 2.43. The van der Waals surface area contributed by atoms with Gasteiger partial charge in [-0.05, 0) is 47.8 Å². The number of rotatable bonds is 1. The SMILES string of the molecule is CCC1CC(C(C)(C)C)CC(C(C)(C)C)C1. The molecule has 0 heteroatoms. The van der Waals surface area contributed by atoms with Crippen molar-refractivity contribution in [3.63, 3.8) is 0 Å². The Morgan fingerprint density at radius 1 is 0.750 bits per heavy atom. The van der Waals surface area contributed by atoms with E-state index in [0.29, 0.717) is 10.8 Å². The lowest BCUT2D eigenvalue weighted by Crippen LogP contribution is -2.36. The summed E-state index contributed by atoms with van der Waals surface area (Å²) in [5.74, 6) is 2.83. The number of hydrogen-bond acceptors (Lipinski definition) is 0. The molecule has 1 saturated carbocycles. The Morgan fingerprint density at radius 2 is 1.12 bits per heavy atom. The molecular formula is C16H32. The molecule has 0 bridgehead atoms.